The van der Waals surface area contributed by atoms with Gasteiger partial charge in [0.15, 0.2) is 0 Å². The van der Waals surface area contributed by atoms with Gasteiger partial charge in [-0.05, 0) is 31.5 Å². The summed E-state index contributed by atoms with van der Waals surface area (Å²) in [6.45, 7) is 3.52. The molecule has 0 aromatic heterocycles. The molecule has 0 saturated carbocycles. The predicted molar refractivity (Wildman–Crippen MR) is 77.7 cm³/mol. The minimum atomic E-state index is -3.78. The van der Waals surface area contributed by atoms with Crippen LogP contribution < -0.4 is 4.72 Å². The molecule has 118 valence electrons. The zero-order chi connectivity index (χ0) is 16.2. The number of hydrogen-bond donors (Lipinski definition) is 1. The Morgan fingerprint density at radius 1 is 1.43 bits per heavy atom. The average molecular weight is 318 g/mol. The first-order valence-electron chi connectivity index (χ1n) is 6.35. The van der Waals surface area contributed by atoms with Crippen LogP contribution in [0.4, 0.5) is 10.1 Å². The van der Waals surface area contributed by atoms with Gasteiger partial charge in [0.25, 0.3) is 0 Å². The Morgan fingerprint density at radius 3 is 2.52 bits per heavy atom. The molecule has 1 unspecified atom stereocenters. The summed E-state index contributed by atoms with van der Waals surface area (Å²) < 4.78 is 45.1. The first-order valence-corrected chi connectivity index (χ1v) is 7.79. The van der Waals surface area contributed by atoms with Crippen LogP contribution in [0.25, 0.3) is 0 Å². The van der Waals surface area contributed by atoms with E-state index in [1.807, 2.05) is 0 Å². The molecule has 8 heteroatoms. The normalized spacial score (nSPS) is 13.0. The predicted octanol–water partition coefficient (Wildman–Crippen LogP) is 1.71. The van der Waals surface area contributed by atoms with Crippen LogP contribution in [0.3, 0.4) is 0 Å². The second kappa shape index (κ2) is 6.86. The van der Waals surface area contributed by atoms with Gasteiger partial charge >= 0.3 is 16.2 Å². The maximum absolute atomic E-state index is 14.0. The fourth-order valence-corrected chi connectivity index (χ4v) is 2.14. The van der Waals surface area contributed by atoms with Crippen LogP contribution in [-0.4, -0.2) is 39.4 Å². The zero-order valence-corrected chi connectivity index (χ0v) is 13.2. The first-order chi connectivity index (χ1) is 9.69. The molecule has 0 amide bonds. The van der Waals surface area contributed by atoms with Gasteiger partial charge in [-0.25, -0.2) is 4.39 Å². The van der Waals surface area contributed by atoms with Crippen LogP contribution in [0.5, 0.6) is 0 Å². The minimum absolute atomic E-state index is 0.177. The largest absolute Gasteiger partial charge is 0.466 e. The van der Waals surface area contributed by atoms with Crippen LogP contribution in [0.1, 0.15) is 25.3 Å². The molecule has 1 rings (SSSR count). The van der Waals surface area contributed by atoms with Crippen molar-refractivity contribution in [3.63, 3.8) is 0 Å². The van der Waals surface area contributed by atoms with E-state index in [-0.39, 0.29) is 12.3 Å². The lowest BCUT2D eigenvalue weighted by Crippen LogP contribution is -2.29. The van der Waals surface area contributed by atoms with Crippen LogP contribution in [0, 0.1) is 5.82 Å². The lowest BCUT2D eigenvalue weighted by atomic mass is 10.0. The molecule has 6 nitrogen and oxygen atoms in total. The number of nitrogens with one attached hydrogen (secondary N) is 1. The summed E-state index contributed by atoms with van der Waals surface area (Å²) >= 11 is 0. The van der Waals surface area contributed by atoms with Crippen molar-refractivity contribution in [2.24, 2.45) is 0 Å². The van der Waals surface area contributed by atoms with Gasteiger partial charge in [-0.1, -0.05) is 6.07 Å². The topological polar surface area (TPSA) is 75.7 Å². The summed E-state index contributed by atoms with van der Waals surface area (Å²) in [5.41, 5.74) is 0.238. The Bertz CT molecular complexity index is 617. The van der Waals surface area contributed by atoms with Crippen LogP contribution in [0.15, 0.2) is 18.2 Å². The maximum atomic E-state index is 14.0. The van der Waals surface area contributed by atoms with Crippen molar-refractivity contribution in [1.29, 1.82) is 0 Å². The SMILES string of the molecule is CCOC(=O)C(C)c1ccc(NS(=O)(=O)N(C)C)c(F)c1. The van der Waals surface area contributed by atoms with Crippen molar-refractivity contribution in [1.82, 2.24) is 4.31 Å². The Kier molecular flexibility index (Phi) is 5.68. The molecule has 1 atom stereocenters. The molecule has 1 aromatic carbocycles. The first kappa shape index (κ1) is 17.4. The minimum Gasteiger partial charge on any atom is -0.466 e. The number of rotatable bonds is 6. The third kappa shape index (κ3) is 4.40. The monoisotopic (exact) mass is 318 g/mol. The maximum Gasteiger partial charge on any atom is 0.313 e. The van der Waals surface area contributed by atoms with Gasteiger partial charge in [0.2, 0.25) is 0 Å². The lowest BCUT2D eigenvalue weighted by molar-refractivity contribution is -0.144. The van der Waals surface area contributed by atoms with E-state index >= 15 is 0 Å². The van der Waals surface area contributed by atoms with Gasteiger partial charge in [0, 0.05) is 14.1 Å². The molecule has 21 heavy (non-hydrogen) atoms. The van der Waals surface area contributed by atoms with Gasteiger partial charge in [-0.15, -0.1) is 0 Å². The third-order valence-electron chi connectivity index (χ3n) is 2.85. The molecule has 0 bridgehead atoms. The van der Waals surface area contributed by atoms with E-state index in [0.717, 1.165) is 10.4 Å². The number of carbonyl (C=O) groups excluding carboxylic acids is 1. The summed E-state index contributed by atoms with van der Waals surface area (Å²) in [5, 5.41) is 0. The molecule has 0 heterocycles. The number of anilines is 1. The zero-order valence-electron chi connectivity index (χ0n) is 12.4. The van der Waals surface area contributed by atoms with E-state index in [4.69, 9.17) is 4.74 Å². The molecule has 0 aliphatic carbocycles. The number of benzene rings is 1. The second-order valence-corrected chi connectivity index (χ2v) is 6.49. The highest BCUT2D eigenvalue weighted by Gasteiger charge is 2.20. The molecule has 0 aliphatic rings. The number of hydrogen-bond acceptors (Lipinski definition) is 4. The quantitative estimate of drug-likeness (QED) is 0.810. The van der Waals surface area contributed by atoms with Crippen molar-refractivity contribution < 1.29 is 22.3 Å². The number of ether oxygens (including phenoxy) is 1. The van der Waals surface area contributed by atoms with E-state index in [1.165, 1.54) is 26.2 Å². The fourth-order valence-electron chi connectivity index (χ4n) is 1.52. The highest BCUT2D eigenvalue weighted by Crippen LogP contribution is 2.23. The van der Waals surface area contributed by atoms with Gasteiger partial charge in [-0.2, -0.15) is 12.7 Å². The number of halogens is 1. The molecule has 0 fully saturated rings. The van der Waals surface area contributed by atoms with Crippen LogP contribution in [0.2, 0.25) is 0 Å². The van der Waals surface area contributed by atoms with E-state index in [0.29, 0.717) is 5.56 Å². The summed E-state index contributed by atoms with van der Waals surface area (Å²) in [5.74, 6) is -1.84. The molecule has 0 radical (unpaired) electrons. The summed E-state index contributed by atoms with van der Waals surface area (Å²) in [4.78, 5) is 11.6. The molecular formula is C13H19FN2O4S. The Labute approximate surface area is 124 Å². The second-order valence-electron chi connectivity index (χ2n) is 4.60. The van der Waals surface area contributed by atoms with Crippen molar-refractivity contribution in [3.05, 3.63) is 29.6 Å². The van der Waals surface area contributed by atoms with Crippen LogP contribution in [-0.2, 0) is 19.7 Å². The number of esters is 1. The molecular weight excluding hydrogens is 299 g/mol. The Morgan fingerprint density at radius 2 is 2.05 bits per heavy atom. The van der Waals surface area contributed by atoms with Crippen molar-refractivity contribution in [3.8, 4) is 0 Å². The number of carbonyl (C=O) groups is 1. The van der Waals surface area contributed by atoms with Crippen molar-refractivity contribution in [2.45, 2.75) is 19.8 Å². The van der Waals surface area contributed by atoms with E-state index in [1.54, 1.807) is 13.8 Å². The highest BCUT2D eigenvalue weighted by atomic mass is 32.2. The van der Waals surface area contributed by atoms with E-state index < -0.39 is 27.9 Å². The summed E-state index contributed by atoms with van der Waals surface area (Å²) in [7, 11) is -1.12. The number of nitrogens with zero attached hydrogens (tertiary/aromatic N) is 1. The van der Waals surface area contributed by atoms with Gasteiger partial charge in [0.05, 0.1) is 18.2 Å². The Hall–Kier alpha value is -1.67. The van der Waals surface area contributed by atoms with Gasteiger partial charge in [0.1, 0.15) is 5.82 Å². The van der Waals surface area contributed by atoms with E-state index in [2.05, 4.69) is 4.72 Å². The van der Waals surface area contributed by atoms with Crippen molar-refractivity contribution in [2.75, 3.05) is 25.4 Å². The lowest BCUT2D eigenvalue weighted by Gasteiger charge is -2.15. The van der Waals surface area contributed by atoms with Gasteiger partial charge < -0.3 is 4.74 Å². The fraction of sp³-hybridized carbons (Fsp3) is 0.462. The third-order valence-corrected chi connectivity index (χ3v) is 4.29. The molecule has 0 aliphatic heterocycles. The van der Waals surface area contributed by atoms with E-state index in [9.17, 15) is 17.6 Å². The molecule has 1 N–H and O–H groups in total. The molecule has 0 spiro atoms. The Balaban J connectivity index is 2.98. The standard InChI is InChI=1S/C13H19FN2O4S/c1-5-20-13(17)9(2)10-6-7-12(11(14)8-10)15-21(18,19)16(3)4/h6-9,15H,5H2,1-4H3. The van der Waals surface area contributed by atoms with Crippen LogP contribution >= 0.6 is 0 Å². The average Bonchev–Trinajstić information content (AvgIpc) is 2.40. The highest BCUT2D eigenvalue weighted by molar-refractivity contribution is 7.90. The summed E-state index contributed by atoms with van der Waals surface area (Å²) in [6.07, 6.45) is 0. The molecule has 0 saturated heterocycles. The smallest absolute Gasteiger partial charge is 0.313 e. The summed E-state index contributed by atoms with van der Waals surface area (Å²) in [6, 6.07) is 3.88. The molecule has 1 aromatic rings. The van der Waals surface area contributed by atoms with Gasteiger partial charge in [-0.3, -0.25) is 9.52 Å². The van der Waals surface area contributed by atoms with Crippen molar-refractivity contribution >= 4 is 21.9 Å².